The molecule has 16 heteroatoms. The number of rotatable bonds is 24. The fourth-order valence-corrected chi connectivity index (χ4v) is 9.20. The van der Waals surface area contributed by atoms with Crippen molar-refractivity contribution in [3.63, 3.8) is 0 Å². The van der Waals surface area contributed by atoms with Crippen LogP contribution in [-0.2, 0) is 43.0 Å². The molecule has 2 amide bonds. The monoisotopic (exact) mass is 994 g/mol. The van der Waals surface area contributed by atoms with Gasteiger partial charge in [0, 0.05) is 50.7 Å². The zero-order valence-electron chi connectivity index (χ0n) is 45.0. The van der Waals surface area contributed by atoms with E-state index in [4.69, 9.17) is 19.7 Å². The fraction of sp³-hybridized carbons (Fsp3) is 0.778. The fourth-order valence-electron chi connectivity index (χ4n) is 9.20. The summed E-state index contributed by atoms with van der Waals surface area (Å²) in [5, 5.41) is 40.3. The van der Waals surface area contributed by atoms with Gasteiger partial charge in [-0.3, -0.25) is 19.2 Å². The van der Waals surface area contributed by atoms with Crippen LogP contribution in [-0.4, -0.2) is 143 Å². The van der Waals surface area contributed by atoms with E-state index >= 15 is 0 Å². The highest BCUT2D eigenvalue weighted by atomic mass is 16.5. The molecule has 0 aromatic heterocycles. The number of carboxylic acids is 1. The van der Waals surface area contributed by atoms with Crippen LogP contribution in [0, 0.1) is 53.3 Å². The van der Waals surface area contributed by atoms with E-state index in [1.54, 1.807) is 6.92 Å². The van der Waals surface area contributed by atoms with Gasteiger partial charge in [0.15, 0.2) is 0 Å². The number of carbonyl (C=O) groups is 6. The van der Waals surface area contributed by atoms with E-state index in [0.29, 0.717) is 30.7 Å². The number of carboxylic acid groups (broad SMARTS) is 1. The summed E-state index contributed by atoms with van der Waals surface area (Å²) in [6.45, 7) is 30.4. The molecule has 3 saturated heterocycles. The second-order valence-electron chi connectivity index (χ2n) is 20.5. The molecule has 0 aromatic carbocycles. The van der Waals surface area contributed by atoms with Gasteiger partial charge in [0.1, 0.15) is 18.1 Å². The number of methoxy groups -OCH3 is 3. The molecule has 3 heterocycles. The number of esters is 3. The Morgan fingerprint density at radius 3 is 1.14 bits per heavy atom. The minimum absolute atomic E-state index is 0.0691. The van der Waals surface area contributed by atoms with Crippen LogP contribution in [0.25, 0.3) is 0 Å². The number of ether oxygens (including phenoxy) is 3. The Labute approximate surface area is 421 Å². The lowest BCUT2D eigenvalue weighted by Crippen LogP contribution is -2.45. The predicted octanol–water partition coefficient (Wildman–Crippen LogP) is 6.99. The third kappa shape index (κ3) is 23.9. The molecule has 0 spiro atoms. The molecule has 16 nitrogen and oxygen atoms in total. The average Bonchev–Trinajstić information content (AvgIpc) is 4.07. The number of aliphatic hydroxyl groups is 3. The van der Waals surface area contributed by atoms with Gasteiger partial charge in [-0.2, -0.15) is 0 Å². The largest absolute Gasteiger partial charge is 0.481 e. The molecular formula is C54H95N3O13. The maximum atomic E-state index is 12.7. The molecule has 0 radical (unpaired) electrons. The van der Waals surface area contributed by atoms with E-state index in [9.17, 15) is 39.0 Å². The smallest absolute Gasteiger partial charge is 0.328 e. The average molecular weight is 994 g/mol. The Morgan fingerprint density at radius 2 is 0.871 bits per heavy atom. The summed E-state index contributed by atoms with van der Waals surface area (Å²) in [4.78, 5) is 73.6. The van der Waals surface area contributed by atoms with Crippen molar-refractivity contribution in [3.05, 3.63) is 38.0 Å². The molecule has 0 aliphatic carbocycles. The normalized spacial score (nSPS) is 24.3. The quantitative estimate of drug-likeness (QED) is 0.0373. The lowest BCUT2D eigenvalue weighted by Gasteiger charge is -2.29. The van der Waals surface area contributed by atoms with E-state index in [2.05, 4.69) is 64.4 Å². The number of β-amino-alcohol motifs (C(OH)–C–C–N with tert-alkyl or cyclic N) is 3. The summed E-state index contributed by atoms with van der Waals surface area (Å²) in [7, 11) is 3.96. The van der Waals surface area contributed by atoms with Crippen molar-refractivity contribution in [1.29, 1.82) is 0 Å². The first-order chi connectivity index (χ1) is 32.8. The summed E-state index contributed by atoms with van der Waals surface area (Å²) in [5.41, 5.74) is 0. The van der Waals surface area contributed by atoms with E-state index < -0.39 is 48.3 Å². The standard InChI is InChI=1S/2C18H31NO4.C12H22O2.C6H11NO3/c2*1-6-7-8-12(2)9-13(3)14(4)17(21)19-11-15(20)10-16(19)18(22)23-5;1-5-6-7-9(2)8-10(3)11(4)12(13)14;1-10-6(9)5-2-4(8)3-7-5/h2*6,12-16,20H,1,7-11H2,2-5H3;5,9-11H,1,6-8H2,2-4H3,(H,13,14);4-5,7-8H,2-3H2,1H3/t12?,13-,14+,15-,16+;12?,13-,14-,15-,16+;9?,10-,11?;4-,5+/m1111/s1. The molecule has 70 heavy (non-hydrogen) atoms. The van der Waals surface area contributed by atoms with Crippen molar-refractivity contribution < 1.29 is 63.4 Å². The molecule has 3 aliphatic heterocycles. The third-order valence-electron chi connectivity index (χ3n) is 14.3. The Balaban J connectivity index is 0.000000950. The number of amides is 2. The second-order valence-corrected chi connectivity index (χ2v) is 20.5. The molecule has 0 aromatic rings. The topological polar surface area (TPSA) is 230 Å². The minimum atomic E-state index is -0.687. The van der Waals surface area contributed by atoms with Crippen LogP contribution in [0.15, 0.2) is 38.0 Å². The number of likely N-dealkylation sites (tertiary alicyclic amines) is 2. The number of nitrogens with one attached hydrogen (secondary N) is 1. The Bertz CT molecular complexity index is 1530. The number of aliphatic carboxylic acids is 1. The van der Waals surface area contributed by atoms with Gasteiger partial charge in [-0.05, 0) is 93.3 Å². The first kappa shape index (κ1) is 65.9. The van der Waals surface area contributed by atoms with Crippen LogP contribution in [0.5, 0.6) is 0 Å². The third-order valence-corrected chi connectivity index (χ3v) is 14.3. The van der Waals surface area contributed by atoms with Gasteiger partial charge in [0.05, 0.1) is 45.6 Å². The first-order valence-electron chi connectivity index (χ1n) is 25.5. The number of allylic oxidation sites excluding steroid dienone is 3. The van der Waals surface area contributed by atoms with Gasteiger partial charge in [0.25, 0.3) is 0 Å². The second kappa shape index (κ2) is 35.1. The van der Waals surface area contributed by atoms with Crippen LogP contribution in [0.4, 0.5) is 0 Å². The van der Waals surface area contributed by atoms with Crippen LogP contribution in [0.2, 0.25) is 0 Å². The van der Waals surface area contributed by atoms with Gasteiger partial charge in [0.2, 0.25) is 11.8 Å². The zero-order chi connectivity index (χ0) is 53.8. The maximum Gasteiger partial charge on any atom is 0.328 e. The number of carbonyl (C=O) groups excluding carboxylic acids is 5. The molecular weight excluding hydrogens is 899 g/mol. The highest BCUT2D eigenvalue weighted by Crippen LogP contribution is 2.30. The van der Waals surface area contributed by atoms with Crippen LogP contribution < -0.4 is 5.32 Å². The SMILES string of the molecule is C=CCCC(C)C[C@@H](C)C(C)C(=O)O.C=CCCC(C)C[C@@H](C)[C@@H](C)C(=O)N1C[C@H](O)C[C@H]1C(=O)OC.C=CCCC(C)C[C@@H](C)[C@H](C)C(=O)N1C[C@H](O)C[C@H]1C(=O)OC.COC(=O)[C@@H]1C[C@@H](O)CN1. The number of hydrogen-bond donors (Lipinski definition) is 5. The number of hydrogen-bond acceptors (Lipinski definition) is 13. The van der Waals surface area contributed by atoms with E-state index in [-0.39, 0.29) is 85.3 Å². The minimum Gasteiger partial charge on any atom is -0.481 e. The zero-order valence-corrected chi connectivity index (χ0v) is 45.0. The van der Waals surface area contributed by atoms with Gasteiger partial charge < -0.3 is 49.8 Å². The van der Waals surface area contributed by atoms with Crippen molar-refractivity contribution in [2.75, 3.05) is 41.0 Å². The molecule has 3 fully saturated rings. The highest BCUT2D eigenvalue weighted by molar-refractivity contribution is 5.87. The number of aliphatic hydroxyl groups excluding tert-OH is 3. The molecule has 0 bridgehead atoms. The molecule has 15 atom stereocenters. The molecule has 404 valence electrons. The van der Waals surface area contributed by atoms with Gasteiger partial charge in [-0.1, -0.05) is 80.5 Å². The Hall–Kier alpha value is -4.12. The lowest BCUT2D eigenvalue weighted by atomic mass is 9.85. The molecule has 3 rings (SSSR count). The number of nitrogens with zero attached hydrogens (tertiary/aromatic N) is 2. The van der Waals surface area contributed by atoms with E-state index in [1.165, 1.54) is 31.1 Å². The van der Waals surface area contributed by atoms with Crippen LogP contribution in [0.1, 0.15) is 139 Å². The van der Waals surface area contributed by atoms with Crippen LogP contribution in [0.3, 0.4) is 0 Å². The van der Waals surface area contributed by atoms with Crippen molar-refractivity contribution in [2.24, 2.45) is 53.3 Å². The van der Waals surface area contributed by atoms with Crippen molar-refractivity contribution >= 4 is 35.7 Å². The van der Waals surface area contributed by atoms with Crippen LogP contribution >= 0.6 is 0 Å². The van der Waals surface area contributed by atoms with E-state index in [0.717, 1.165) is 57.8 Å². The Kier molecular flexibility index (Phi) is 33.0. The van der Waals surface area contributed by atoms with Gasteiger partial charge in [-0.15, -0.1) is 19.7 Å². The highest BCUT2D eigenvalue weighted by Gasteiger charge is 2.43. The van der Waals surface area contributed by atoms with Gasteiger partial charge >= 0.3 is 23.9 Å². The molecule has 5 N–H and O–H groups in total. The first-order valence-corrected chi connectivity index (χ1v) is 25.5. The van der Waals surface area contributed by atoms with Crippen molar-refractivity contribution in [3.8, 4) is 0 Å². The lowest BCUT2D eigenvalue weighted by molar-refractivity contribution is -0.152. The molecule has 4 unspecified atom stereocenters. The summed E-state index contributed by atoms with van der Waals surface area (Å²) in [6.07, 6.45) is 14.2. The molecule has 0 saturated carbocycles. The predicted molar refractivity (Wildman–Crippen MR) is 273 cm³/mol. The summed E-state index contributed by atoms with van der Waals surface area (Å²) >= 11 is 0. The summed E-state index contributed by atoms with van der Waals surface area (Å²) in [6, 6.07) is -1.62. The summed E-state index contributed by atoms with van der Waals surface area (Å²) in [5.74, 6) is -0.279. The Morgan fingerprint density at radius 1 is 0.543 bits per heavy atom. The van der Waals surface area contributed by atoms with Crippen molar-refractivity contribution in [1.82, 2.24) is 15.1 Å². The maximum absolute atomic E-state index is 12.7. The van der Waals surface area contributed by atoms with E-state index in [1.807, 2.05) is 39.0 Å². The van der Waals surface area contributed by atoms with Gasteiger partial charge in [-0.25, -0.2) is 9.59 Å². The molecule has 3 aliphatic rings. The van der Waals surface area contributed by atoms with Crippen molar-refractivity contribution in [2.45, 2.75) is 176 Å². The summed E-state index contributed by atoms with van der Waals surface area (Å²) < 4.78 is 14.0.